The minimum Gasteiger partial charge on any atom is -0.396 e. The topological polar surface area (TPSA) is 69.6 Å². The van der Waals surface area contributed by atoms with Gasteiger partial charge in [-0.05, 0) is 32.1 Å². The van der Waals surface area contributed by atoms with E-state index in [1.54, 1.807) is 0 Å². The average Bonchev–Trinajstić information content (AvgIpc) is 2.36. The molecule has 108 valence electrons. The summed E-state index contributed by atoms with van der Waals surface area (Å²) in [7, 11) is -3.34. The van der Waals surface area contributed by atoms with E-state index in [4.69, 9.17) is 5.11 Å². The summed E-state index contributed by atoms with van der Waals surface area (Å²) >= 11 is 0. The van der Waals surface area contributed by atoms with Crippen molar-refractivity contribution in [1.82, 2.24) is 9.03 Å². The van der Waals surface area contributed by atoms with Gasteiger partial charge in [-0.25, -0.2) is 0 Å². The van der Waals surface area contributed by atoms with Gasteiger partial charge in [0.1, 0.15) is 0 Å². The molecule has 1 rings (SSSR count). The summed E-state index contributed by atoms with van der Waals surface area (Å²) in [5, 5.41) is 9.04. The van der Waals surface area contributed by atoms with E-state index < -0.39 is 10.2 Å². The molecular weight excluding hydrogens is 252 g/mol. The van der Waals surface area contributed by atoms with Gasteiger partial charge in [0.05, 0.1) is 0 Å². The molecule has 0 saturated carbocycles. The van der Waals surface area contributed by atoms with Crippen LogP contribution >= 0.6 is 0 Å². The molecule has 0 radical (unpaired) electrons. The summed E-state index contributed by atoms with van der Waals surface area (Å²) in [5.74, 6) is 0.258. The third-order valence-corrected chi connectivity index (χ3v) is 5.26. The number of piperidine rings is 1. The van der Waals surface area contributed by atoms with Gasteiger partial charge in [0.25, 0.3) is 10.2 Å². The first-order chi connectivity index (χ1) is 8.49. The zero-order chi connectivity index (χ0) is 13.6. The molecule has 0 aromatic carbocycles. The van der Waals surface area contributed by atoms with E-state index in [1.807, 2.05) is 6.92 Å². The Bertz CT molecular complexity index is 324. The van der Waals surface area contributed by atoms with Crippen LogP contribution in [0.2, 0.25) is 0 Å². The standard InChI is InChI=1S/C12H26N2O3S/c1-3-4-5-11(2)13-18(16,17)14-8-6-12(10-15)7-9-14/h11-13,15H,3-10H2,1-2H3. The molecule has 5 nitrogen and oxygen atoms in total. The first-order valence-electron chi connectivity index (χ1n) is 6.87. The molecule has 1 unspecified atom stereocenters. The van der Waals surface area contributed by atoms with Crippen LogP contribution in [0.3, 0.4) is 0 Å². The smallest absolute Gasteiger partial charge is 0.279 e. The number of nitrogens with one attached hydrogen (secondary N) is 1. The lowest BCUT2D eigenvalue weighted by atomic mass is 10.00. The summed E-state index contributed by atoms with van der Waals surface area (Å²) in [5.41, 5.74) is 0. The first kappa shape index (κ1) is 15.9. The van der Waals surface area contributed by atoms with Gasteiger partial charge >= 0.3 is 0 Å². The van der Waals surface area contributed by atoms with E-state index in [0.717, 1.165) is 32.1 Å². The van der Waals surface area contributed by atoms with Crippen molar-refractivity contribution in [2.75, 3.05) is 19.7 Å². The third kappa shape index (κ3) is 4.84. The van der Waals surface area contributed by atoms with Crippen LogP contribution < -0.4 is 4.72 Å². The number of unbranched alkanes of at least 4 members (excludes halogenated alkanes) is 1. The van der Waals surface area contributed by atoms with Gasteiger partial charge < -0.3 is 5.11 Å². The highest BCUT2D eigenvalue weighted by Gasteiger charge is 2.28. The van der Waals surface area contributed by atoms with Gasteiger partial charge in [-0.1, -0.05) is 19.8 Å². The Morgan fingerprint density at radius 3 is 2.50 bits per heavy atom. The Hall–Kier alpha value is -0.170. The van der Waals surface area contributed by atoms with Crippen molar-refractivity contribution in [1.29, 1.82) is 0 Å². The van der Waals surface area contributed by atoms with E-state index in [-0.39, 0.29) is 18.6 Å². The highest BCUT2D eigenvalue weighted by molar-refractivity contribution is 7.87. The number of rotatable bonds is 7. The minimum atomic E-state index is -3.34. The van der Waals surface area contributed by atoms with E-state index in [9.17, 15) is 8.42 Å². The van der Waals surface area contributed by atoms with E-state index in [0.29, 0.717) is 13.1 Å². The third-order valence-electron chi connectivity index (χ3n) is 3.51. The number of hydrogen-bond donors (Lipinski definition) is 2. The molecule has 1 atom stereocenters. The molecule has 1 aliphatic heterocycles. The molecular formula is C12H26N2O3S. The molecule has 2 N–H and O–H groups in total. The number of hydrogen-bond acceptors (Lipinski definition) is 3. The zero-order valence-electron chi connectivity index (χ0n) is 11.4. The summed E-state index contributed by atoms with van der Waals surface area (Å²) in [6, 6.07) is -0.00878. The normalized spacial score (nSPS) is 21.1. The lowest BCUT2D eigenvalue weighted by molar-refractivity contribution is 0.169. The second-order valence-corrected chi connectivity index (χ2v) is 6.89. The van der Waals surface area contributed by atoms with Crippen molar-refractivity contribution in [3.8, 4) is 0 Å². The number of aliphatic hydroxyl groups is 1. The molecule has 1 aliphatic rings. The van der Waals surface area contributed by atoms with Crippen molar-refractivity contribution in [2.24, 2.45) is 5.92 Å². The molecule has 0 aromatic heterocycles. The van der Waals surface area contributed by atoms with Crippen LogP contribution in [-0.2, 0) is 10.2 Å². The van der Waals surface area contributed by atoms with Crippen molar-refractivity contribution in [3.63, 3.8) is 0 Å². The highest BCUT2D eigenvalue weighted by Crippen LogP contribution is 2.18. The van der Waals surface area contributed by atoms with Crippen molar-refractivity contribution < 1.29 is 13.5 Å². The first-order valence-corrected chi connectivity index (χ1v) is 8.31. The Labute approximate surface area is 111 Å². The molecule has 1 heterocycles. The van der Waals surface area contributed by atoms with E-state index in [1.165, 1.54) is 4.31 Å². The van der Waals surface area contributed by atoms with Crippen LogP contribution in [0.15, 0.2) is 0 Å². The van der Waals surface area contributed by atoms with E-state index >= 15 is 0 Å². The molecule has 0 spiro atoms. The Kier molecular flexibility index (Phi) is 6.55. The summed E-state index contributed by atoms with van der Waals surface area (Å²) in [6.45, 7) is 5.20. The van der Waals surface area contributed by atoms with Gasteiger partial charge in [0, 0.05) is 25.7 Å². The summed E-state index contributed by atoms with van der Waals surface area (Å²) in [4.78, 5) is 0. The van der Waals surface area contributed by atoms with Gasteiger partial charge in [-0.2, -0.15) is 17.4 Å². The zero-order valence-corrected chi connectivity index (χ0v) is 12.2. The second kappa shape index (κ2) is 7.43. The van der Waals surface area contributed by atoms with Crippen LogP contribution in [0.1, 0.15) is 46.0 Å². The van der Waals surface area contributed by atoms with E-state index in [2.05, 4.69) is 11.6 Å². The highest BCUT2D eigenvalue weighted by atomic mass is 32.2. The quantitative estimate of drug-likeness (QED) is 0.733. The molecule has 0 aromatic rings. The molecule has 0 bridgehead atoms. The molecule has 1 fully saturated rings. The molecule has 0 aliphatic carbocycles. The fourth-order valence-corrected chi connectivity index (χ4v) is 3.70. The van der Waals surface area contributed by atoms with Crippen molar-refractivity contribution in [2.45, 2.75) is 52.0 Å². The largest absolute Gasteiger partial charge is 0.396 e. The molecule has 0 amide bonds. The van der Waals surface area contributed by atoms with Gasteiger partial charge in [0.2, 0.25) is 0 Å². The molecule has 18 heavy (non-hydrogen) atoms. The van der Waals surface area contributed by atoms with Crippen LogP contribution in [0, 0.1) is 5.92 Å². The van der Waals surface area contributed by atoms with Crippen molar-refractivity contribution in [3.05, 3.63) is 0 Å². The van der Waals surface area contributed by atoms with Crippen LogP contribution in [-0.4, -0.2) is 43.6 Å². The Morgan fingerprint density at radius 1 is 1.39 bits per heavy atom. The van der Waals surface area contributed by atoms with Gasteiger partial charge in [-0.3, -0.25) is 0 Å². The molecule has 1 saturated heterocycles. The summed E-state index contributed by atoms with van der Waals surface area (Å²) < 4.78 is 28.4. The minimum absolute atomic E-state index is 0.00878. The predicted molar refractivity (Wildman–Crippen MR) is 72.4 cm³/mol. The lowest BCUT2D eigenvalue weighted by Crippen LogP contribution is -2.47. The van der Waals surface area contributed by atoms with Gasteiger partial charge in [-0.15, -0.1) is 0 Å². The number of nitrogens with zero attached hydrogens (tertiary/aromatic N) is 1. The Morgan fingerprint density at radius 2 is 2.00 bits per heavy atom. The lowest BCUT2D eigenvalue weighted by Gasteiger charge is -2.31. The van der Waals surface area contributed by atoms with Crippen LogP contribution in [0.25, 0.3) is 0 Å². The monoisotopic (exact) mass is 278 g/mol. The maximum Gasteiger partial charge on any atom is 0.279 e. The predicted octanol–water partition coefficient (Wildman–Crippen LogP) is 1.10. The Balaban J connectivity index is 2.44. The maximum absolute atomic E-state index is 12.1. The fraction of sp³-hybridized carbons (Fsp3) is 1.00. The fourth-order valence-electron chi connectivity index (χ4n) is 2.23. The summed E-state index contributed by atoms with van der Waals surface area (Å²) in [6.07, 6.45) is 4.49. The van der Waals surface area contributed by atoms with Crippen LogP contribution in [0.4, 0.5) is 0 Å². The molecule has 6 heteroatoms. The average molecular weight is 278 g/mol. The second-order valence-electron chi connectivity index (χ2n) is 5.19. The maximum atomic E-state index is 12.1. The van der Waals surface area contributed by atoms with Crippen molar-refractivity contribution >= 4 is 10.2 Å². The van der Waals surface area contributed by atoms with Crippen LogP contribution in [0.5, 0.6) is 0 Å². The number of aliphatic hydroxyl groups excluding tert-OH is 1. The van der Waals surface area contributed by atoms with Gasteiger partial charge in [0.15, 0.2) is 0 Å². The SMILES string of the molecule is CCCCC(C)NS(=O)(=O)N1CCC(CO)CC1.